The molecule has 3 N–H and O–H groups in total. The highest BCUT2D eigenvalue weighted by Gasteiger charge is 2.33. The van der Waals surface area contributed by atoms with Gasteiger partial charge >= 0.3 is 0 Å². The van der Waals surface area contributed by atoms with Crippen LogP contribution in [0.25, 0.3) is 0 Å². The average Bonchev–Trinajstić information content (AvgIpc) is 2.71. The lowest BCUT2D eigenvalue weighted by molar-refractivity contribution is -0.0410. The van der Waals surface area contributed by atoms with Crippen molar-refractivity contribution in [3.05, 3.63) is 34.3 Å². The number of nitrogen functional groups attached to an aromatic ring is 1. The van der Waals surface area contributed by atoms with E-state index in [0.717, 1.165) is 25.2 Å². The zero-order valence-electron chi connectivity index (χ0n) is 10.7. The molecule has 2 bridgehead atoms. The molecule has 2 aliphatic rings. The van der Waals surface area contributed by atoms with Crippen molar-refractivity contribution in [3.63, 3.8) is 0 Å². The van der Waals surface area contributed by atoms with Gasteiger partial charge in [-0.25, -0.2) is 0 Å². The molecule has 2 heterocycles. The van der Waals surface area contributed by atoms with Gasteiger partial charge in [-0.1, -0.05) is 23.7 Å². The zero-order valence-corrected chi connectivity index (χ0v) is 11.5. The summed E-state index contributed by atoms with van der Waals surface area (Å²) >= 11 is 6.27. The predicted octanol–water partition coefficient (Wildman–Crippen LogP) is 1.99. The van der Waals surface area contributed by atoms with Crippen molar-refractivity contribution in [2.75, 3.05) is 13.1 Å². The average molecular weight is 280 g/mol. The molecule has 2 unspecified atom stereocenters. The van der Waals surface area contributed by atoms with Crippen LogP contribution in [-0.4, -0.2) is 36.0 Å². The van der Waals surface area contributed by atoms with E-state index in [2.05, 4.69) is 4.90 Å². The third kappa shape index (κ3) is 2.76. The van der Waals surface area contributed by atoms with Gasteiger partial charge < -0.3 is 10.5 Å². The molecule has 0 radical (unpaired) electrons. The van der Waals surface area contributed by atoms with Crippen molar-refractivity contribution in [2.24, 2.45) is 5.73 Å². The Balaban J connectivity index is 1.71. The number of halogens is 1. The van der Waals surface area contributed by atoms with Crippen molar-refractivity contribution in [3.8, 4) is 0 Å². The number of amidine groups is 1. The molecule has 5 heteroatoms. The van der Waals surface area contributed by atoms with Crippen molar-refractivity contribution in [1.82, 2.24) is 4.90 Å². The molecular formula is C14H18ClN3O. The van der Waals surface area contributed by atoms with E-state index in [1.54, 1.807) is 6.07 Å². The number of fused-ring (bicyclic) bond motifs is 2. The summed E-state index contributed by atoms with van der Waals surface area (Å²) in [5.74, 6) is 0.0536. The van der Waals surface area contributed by atoms with E-state index in [-0.39, 0.29) is 5.84 Å². The number of morpholine rings is 1. The van der Waals surface area contributed by atoms with Gasteiger partial charge in [-0.2, -0.15) is 0 Å². The lowest BCUT2D eigenvalue weighted by Gasteiger charge is -2.32. The lowest BCUT2D eigenvalue weighted by Crippen LogP contribution is -2.42. The second-order valence-corrected chi connectivity index (χ2v) is 5.78. The highest BCUT2D eigenvalue weighted by Crippen LogP contribution is 2.28. The van der Waals surface area contributed by atoms with Gasteiger partial charge in [0.05, 0.1) is 12.2 Å². The van der Waals surface area contributed by atoms with Crippen molar-refractivity contribution >= 4 is 17.4 Å². The molecule has 1 aromatic rings. The Kier molecular flexibility index (Phi) is 3.48. The minimum Gasteiger partial charge on any atom is -0.384 e. The Hall–Kier alpha value is -1.10. The van der Waals surface area contributed by atoms with Gasteiger partial charge in [0.1, 0.15) is 5.84 Å². The van der Waals surface area contributed by atoms with E-state index in [9.17, 15) is 0 Å². The topological polar surface area (TPSA) is 62.3 Å². The van der Waals surface area contributed by atoms with Gasteiger partial charge in [0, 0.05) is 30.2 Å². The summed E-state index contributed by atoms with van der Waals surface area (Å²) in [5.41, 5.74) is 7.23. The standard InChI is InChI=1S/C14H18ClN3O/c15-13-5-9(14(16)17)1-2-10(13)6-18-7-11-3-4-12(8-18)19-11/h1-2,5,11-12H,3-4,6-8H2,(H3,16,17). The molecule has 0 aromatic heterocycles. The smallest absolute Gasteiger partial charge is 0.122 e. The summed E-state index contributed by atoms with van der Waals surface area (Å²) in [6.07, 6.45) is 3.15. The number of hydrogen-bond donors (Lipinski definition) is 2. The van der Waals surface area contributed by atoms with E-state index in [1.165, 1.54) is 12.8 Å². The largest absolute Gasteiger partial charge is 0.384 e. The Morgan fingerprint density at radius 1 is 1.37 bits per heavy atom. The van der Waals surface area contributed by atoms with Crippen LogP contribution in [0.4, 0.5) is 0 Å². The maximum atomic E-state index is 7.41. The summed E-state index contributed by atoms with van der Waals surface area (Å²) < 4.78 is 5.83. The first-order chi connectivity index (χ1) is 9.11. The van der Waals surface area contributed by atoms with Crippen LogP contribution < -0.4 is 5.73 Å². The zero-order chi connectivity index (χ0) is 13.4. The molecule has 0 aliphatic carbocycles. The monoisotopic (exact) mass is 279 g/mol. The van der Waals surface area contributed by atoms with Gasteiger partial charge in [-0.3, -0.25) is 10.3 Å². The van der Waals surface area contributed by atoms with Crippen LogP contribution in [0.1, 0.15) is 24.0 Å². The normalized spacial score (nSPS) is 26.6. The predicted molar refractivity (Wildman–Crippen MR) is 75.6 cm³/mol. The molecule has 2 aliphatic heterocycles. The van der Waals surface area contributed by atoms with Crippen molar-refractivity contribution < 1.29 is 4.74 Å². The molecule has 0 spiro atoms. The Bertz CT molecular complexity index is 493. The van der Waals surface area contributed by atoms with Crippen LogP contribution in [0.2, 0.25) is 5.02 Å². The van der Waals surface area contributed by atoms with Gasteiger partial charge in [0.2, 0.25) is 0 Å². The van der Waals surface area contributed by atoms with Crippen LogP contribution in [0.15, 0.2) is 18.2 Å². The molecule has 2 atom stereocenters. The minimum absolute atomic E-state index is 0.0536. The highest BCUT2D eigenvalue weighted by molar-refractivity contribution is 6.31. The number of nitrogens with zero attached hydrogens (tertiary/aromatic N) is 1. The summed E-state index contributed by atoms with van der Waals surface area (Å²) in [6.45, 7) is 2.82. The van der Waals surface area contributed by atoms with Crippen LogP contribution in [0.3, 0.4) is 0 Å². The molecule has 0 saturated carbocycles. The van der Waals surface area contributed by atoms with Gasteiger partial charge in [-0.15, -0.1) is 0 Å². The second kappa shape index (κ2) is 5.12. The van der Waals surface area contributed by atoms with Crippen LogP contribution in [0.5, 0.6) is 0 Å². The summed E-state index contributed by atoms with van der Waals surface area (Å²) in [5, 5.41) is 8.10. The van der Waals surface area contributed by atoms with Gasteiger partial charge in [0.25, 0.3) is 0 Å². The van der Waals surface area contributed by atoms with Gasteiger partial charge in [-0.05, 0) is 24.5 Å². The maximum Gasteiger partial charge on any atom is 0.122 e. The molecule has 102 valence electrons. The number of ether oxygens (including phenoxy) is 1. The highest BCUT2D eigenvalue weighted by atomic mass is 35.5. The number of nitrogens with two attached hydrogens (primary N) is 1. The van der Waals surface area contributed by atoms with Crippen molar-refractivity contribution in [1.29, 1.82) is 5.41 Å². The molecule has 2 fully saturated rings. The number of likely N-dealkylation sites (tertiary alicyclic amines) is 1. The van der Waals surface area contributed by atoms with E-state index >= 15 is 0 Å². The molecule has 4 nitrogen and oxygen atoms in total. The molecule has 1 aromatic carbocycles. The third-order valence-electron chi connectivity index (χ3n) is 3.88. The van der Waals surface area contributed by atoms with Crippen LogP contribution >= 0.6 is 11.6 Å². The van der Waals surface area contributed by atoms with E-state index in [1.807, 2.05) is 12.1 Å². The molecular weight excluding hydrogens is 262 g/mol. The second-order valence-electron chi connectivity index (χ2n) is 5.37. The first kappa shape index (κ1) is 12.9. The summed E-state index contributed by atoms with van der Waals surface area (Å²) in [6, 6.07) is 5.60. The summed E-state index contributed by atoms with van der Waals surface area (Å²) in [7, 11) is 0. The SMILES string of the molecule is N=C(N)c1ccc(CN2CC3CCC(C2)O3)c(Cl)c1. The Labute approximate surface area is 118 Å². The Morgan fingerprint density at radius 2 is 2.05 bits per heavy atom. The number of hydrogen-bond acceptors (Lipinski definition) is 3. The minimum atomic E-state index is 0.0536. The first-order valence-electron chi connectivity index (χ1n) is 6.62. The lowest BCUT2D eigenvalue weighted by atomic mass is 10.1. The fourth-order valence-electron chi connectivity index (χ4n) is 2.91. The quantitative estimate of drug-likeness (QED) is 0.657. The van der Waals surface area contributed by atoms with E-state index < -0.39 is 0 Å². The van der Waals surface area contributed by atoms with Gasteiger partial charge in [0.15, 0.2) is 0 Å². The fourth-order valence-corrected chi connectivity index (χ4v) is 3.15. The fraction of sp³-hybridized carbons (Fsp3) is 0.500. The molecule has 3 rings (SSSR count). The third-order valence-corrected chi connectivity index (χ3v) is 4.23. The molecule has 2 saturated heterocycles. The van der Waals surface area contributed by atoms with E-state index in [0.29, 0.717) is 22.8 Å². The number of rotatable bonds is 3. The maximum absolute atomic E-state index is 7.41. The first-order valence-corrected chi connectivity index (χ1v) is 7.00. The Morgan fingerprint density at radius 3 is 2.63 bits per heavy atom. The summed E-state index contributed by atoms with van der Waals surface area (Å²) in [4.78, 5) is 2.40. The number of nitrogens with one attached hydrogen (secondary N) is 1. The van der Waals surface area contributed by atoms with Crippen LogP contribution in [-0.2, 0) is 11.3 Å². The molecule has 0 amide bonds. The van der Waals surface area contributed by atoms with Crippen molar-refractivity contribution in [2.45, 2.75) is 31.6 Å². The number of benzene rings is 1. The van der Waals surface area contributed by atoms with E-state index in [4.69, 9.17) is 27.5 Å². The van der Waals surface area contributed by atoms with Crippen LogP contribution in [0, 0.1) is 5.41 Å². The molecule has 19 heavy (non-hydrogen) atoms.